The van der Waals surface area contributed by atoms with Crippen molar-refractivity contribution in [3.63, 3.8) is 0 Å². The van der Waals surface area contributed by atoms with Crippen molar-refractivity contribution in [2.24, 2.45) is 5.73 Å². The van der Waals surface area contributed by atoms with E-state index in [-0.39, 0.29) is 29.9 Å². The van der Waals surface area contributed by atoms with Gasteiger partial charge in [-0.1, -0.05) is 25.4 Å². The highest BCUT2D eigenvalue weighted by Crippen LogP contribution is 2.21. The molecule has 0 spiro atoms. The summed E-state index contributed by atoms with van der Waals surface area (Å²) in [7, 11) is 0. The Morgan fingerprint density at radius 1 is 1.15 bits per heavy atom. The highest BCUT2D eigenvalue weighted by Gasteiger charge is 2.22. The molecule has 1 rings (SSSR count). The van der Waals surface area contributed by atoms with E-state index < -0.39 is 5.54 Å². The molecule has 0 aliphatic heterocycles. The van der Waals surface area contributed by atoms with Crippen LogP contribution >= 0.6 is 24.0 Å². The number of amides is 3. The highest BCUT2D eigenvalue weighted by molar-refractivity contribution is 6.34. The molecule has 0 fully saturated rings. The summed E-state index contributed by atoms with van der Waals surface area (Å²) in [6.07, 6.45) is 1.51. The van der Waals surface area contributed by atoms with Gasteiger partial charge in [-0.3, -0.25) is 4.79 Å². The lowest BCUT2D eigenvalue weighted by Crippen LogP contribution is -2.49. The van der Waals surface area contributed by atoms with Crippen LogP contribution in [0.2, 0.25) is 5.02 Å². The second-order valence-corrected chi connectivity index (χ2v) is 7.68. The summed E-state index contributed by atoms with van der Waals surface area (Å²) >= 11 is 6.13. The molecule has 6 nitrogen and oxygen atoms in total. The van der Waals surface area contributed by atoms with Gasteiger partial charge in [0.25, 0.3) is 5.91 Å². The molecule has 26 heavy (non-hydrogen) atoms. The molecule has 0 saturated heterocycles. The predicted molar refractivity (Wildman–Crippen MR) is 110 cm³/mol. The van der Waals surface area contributed by atoms with Crippen molar-refractivity contribution in [2.75, 3.05) is 11.9 Å². The summed E-state index contributed by atoms with van der Waals surface area (Å²) in [5, 5.41) is 8.63. The Balaban J connectivity index is 0.00000625. The maximum atomic E-state index is 12.4. The Bertz CT molecular complexity index is 626. The lowest BCUT2D eigenvalue weighted by atomic mass is 9.94. The van der Waals surface area contributed by atoms with E-state index >= 15 is 0 Å². The van der Waals surface area contributed by atoms with Gasteiger partial charge in [0, 0.05) is 23.3 Å². The first-order valence-corrected chi connectivity index (χ1v) is 8.83. The van der Waals surface area contributed by atoms with E-state index in [4.69, 9.17) is 17.3 Å². The summed E-state index contributed by atoms with van der Waals surface area (Å²) in [6.45, 7) is 9.98. The molecule has 1 aromatic rings. The number of anilines is 1. The van der Waals surface area contributed by atoms with Crippen molar-refractivity contribution in [3.05, 3.63) is 28.8 Å². The van der Waals surface area contributed by atoms with Gasteiger partial charge in [-0.05, 0) is 51.8 Å². The maximum Gasteiger partial charge on any atom is 0.319 e. The summed E-state index contributed by atoms with van der Waals surface area (Å²) in [6, 6.07) is 4.43. The Labute approximate surface area is 167 Å². The monoisotopic (exact) mass is 404 g/mol. The van der Waals surface area contributed by atoms with Crippen LogP contribution in [0.15, 0.2) is 18.2 Å². The molecule has 0 unspecified atom stereocenters. The number of nitrogens with two attached hydrogens (primary N) is 1. The second kappa shape index (κ2) is 10.00. The Morgan fingerprint density at radius 2 is 1.73 bits per heavy atom. The zero-order chi connectivity index (χ0) is 19.3. The van der Waals surface area contributed by atoms with E-state index in [0.717, 1.165) is 12.8 Å². The van der Waals surface area contributed by atoms with Gasteiger partial charge < -0.3 is 21.7 Å². The Kier molecular flexibility index (Phi) is 9.42. The van der Waals surface area contributed by atoms with Crippen LogP contribution in [-0.4, -0.2) is 29.6 Å². The second-order valence-electron chi connectivity index (χ2n) is 7.28. The number of rotatable bonds is 6. The van der Waals surface area contributed by atoms with Gasteiger partial charge in [0.05, 0.1) is 10.6 Å². The smallest absolute Gasteiger partial charge is 0.319 e. The lowest BCUT2D eigenvalue weighted by Gasteiger charge is -2.27. The van der Waals surface area contributed by atoms with Crippen molar-refractivity contribution in [1.29, 1.82) is 0 Å². The summed E-state index contributed by atoms with van der Waals surface area (Å²) in [4.78, 5) is 24.4. The van der Waals surface area contributed by atoms with E-state index in [1.54, 1.807) is 18.2 Å². The maximum absolute atomic E-state index is 12.4. The molecule has 0 heterocycles. The fourth-order valence-corrected chi connectivity index (χ4v) is 2.33. The average Bonchev–Trinajstić information content (AvgIpc) is 2.52. The van der Waals surface area contributed by atoms with Gasteiger partial charge in [-0.15, -0.1) is 12.4 Å². The van der Waals surface area contributed by atoms with Crippen LogP contribution in [-0.2, 0) is 0 Å². The molecule has 0 aliphatic carbocycles. The number of hydrogen-bond acceptors (Lipinski definition) is 3. The van der Waals surface area contributed by atoms with Crippen molar-refractivity contribution >= 4 is 41.6 Å². The van der Waals surface area contributed by atoms with Crippen LogP contribution < -0.4 is 21.7 Å². The largest absolute Gasteiger partial charge is 0.350 e. The van der Waals surface area contributed by atoms with Crippen molar-refractivity contribution < 1.29 is 9.59 Å². The molecule has 0 aliphatic rings. The summed E-state index contributed by atoms with van der Waals surface area (Å²) in [5.41, 5.74) is 6.19. The van der Waals surface area contributed by atoms with Crippen molar-refractivity contribution in [3.8, 4) is 0 Å². The van der Waals surface area contributed by atoms with Gasteiger partial charge in [0.15, 0.2) is 0 Å². The first-order valence-electron chi connectivity index (χ1n) is 8.45. The molecule has 5 N–H and O–H groups in total. The third kappa shape index (κ3) is 7.81. The van der Waals surface area contributed by atoms with E-state index in [1.807, 2.05) is 34.6 Å². The zero-order valence-corrected chi connectivity index (χ0v) is 17.6. The fraction of sp³-hybridized carbons (Fsp3) is 0.556. The molecular formula is C18H30Cl2N4O2. The van der Waals surface area contributed by atoms with Crippen molar-refractivity contribution in [1.82, 2.24) is 10.6 Å². The predicted octanol–water partition coefficient (Wildman–Crippen LogP) is 3.93. The van der Waals surface area contributed by atoms with Crippen LogP contribution in [0.5, 0.6) is 0 Å². The molecule has 0 aromatic heterocycles. The molecule has 0 radical (unpaired) electrons. The first-order chi connectivity index (χ1) is 11.5. The molecule has 0 bridgehead atoms. The number of urea groups is 1. The van der Waals surface area contributed by atoms with Crippen LogP contribution in [0.1, 0.15) is 57.8 Å². The highest BCUT2D eigenvalue weighted by atomic mass is 35.5. The Hall–Kier alpha value is -1.50. The van der Waals surface area contributed by atoms with Crippen LogP contribution in [0.25, 0.3) is 0 Å². The number of carbonyl (C=O) groups is 2. The van der Waals surface area contributed by atoms with Crippen molar-refractivity contribution in [2.45, 2.75) is 58.5 Å². The van der Waals surface area contributed by atoms with Crippen LogP contribution in [0.3, 0.4) is 0 Å². The minimum absolute atomic E-state index is 0. The number of nitrogens with one attached hydrogen (secondary N) is 3. The quantitative estimate of drug-likeness (QED) is 0.577. The average molecular weight is 405 g/mol. The number of carbonyl (C=O) groups excluding carboxylic acids is 2. The van der Waals surface area contributed by atoms with Gasteiger partial charge in [0.1, 0.15) is 0 Å². The SMILES string of the molecule is CCC(N)(CC)CNC(=O)c1cc(NC(=O)NC(C)(C)C)ccc1Cl.Cl. The standard InChI is InChI=1S/C18H29ClN4O2.ClH/c1-6-18(20,7-2)11-21-15(24)13-10-12(8-9-14(13)19)22-16(25)23-17(3,4)5;/h8-10H,6-7,11,20H2,1-5H3,(H,21,24)(H2,22,23,25);1H. The minimum Gasteiger partial charge on any atom is -0.350 e. The van der Waals surface area contributed by atoms with Crippen LogP contribution in [0.4, 0.5) is 10.5 Å². The van der Waals surface area contributed by atoms with Crippen LogP contribution in [0, 0.1) is 0 Å². The zero-order valence-electron chi connectivity index (χ0n) is 16.0. The molecule has 148 valence electrons. The van der Waals surface area contributed by atoms with E-state index in [0.29, 0.717) is 22.8 Å². The van der Waals surface area contributed by atoms with Gasteiger partial charge in [-0.25, -0.2) is 4.79 Å². The fourth-order valence-electron chi connectivity index (χ4n) is 2.13. The van der Waals surface area contributed by atoms with E-state index in [1.165, 1.54) is 0 Å². The molecule has 0 atom stereocenters. The van der Waals surface area contributed by atoms with E-state index in [9.17, 15) is 9.59 Å². The summed E-state index contributed by atoms with van der Waals surface area (Å²) in [5.74, 6) is -0.318. The number of benzene rings is 1. The number of hydrogen-bond donors (Lipinski definition) is 4. The third-order valence-electron chi connectivity index (χ3n) is 3.97. The van der Waals surface area contributed by atoms with Gasteiger partial charge in [-0.2, -0.15) is 0 Å². The topological polar surface area (TPSA) is 96.2 Å². The number of halogens is 2. The minimum atomic E-state index is -0.440. The lowest BCUT2D eigenvalue weighted by molar-refractivity contribution is 0.0942. The molecule has 3 amide bonds. The first kappa shape index (κ1) is 24.5. The molecular weight excluding hydrogens is 375 g/mol. The Morgan fingerprint density at radius 3 is 2.23 bits per heavy atom. The van der Waals surface area contributed by atoms with Gasteiger partial charge in [0.2, 0.25) is 0 Å². The van der Waals surface area contributed by atoms with E-state index in [2.05, 4.69) is 16.0 Å². The third-order valence-corrected chi connectivity index (χ3v) is 4.30. The molecule has 8 heteroatoms. The molecule has 0 saturated carbocycles. The normalized spacial score (nSPS) is 11.3. The van der Waals surface area contributed by atoms with Gasteiger partial charge >= 0.3 is 6.03 Å². The summed E-state index contributed by atoms with van der Waals surface area (Å²) < 4.78 is 0. The molecule has 1 aromatic carbocycles.